The fourth-order valence-corrected chi connectivity index (χ4v) is 2.03. The highest BCUT2D eigenvalue weighted by atomic mass is 35.5. The van der Waals surface area contributed by atoms with Gasteiger partial charge in [0.25, 0.3) is 0 Å². The van der Waals surface area contributed by atoms with Gasteiger partial charge in [-0.2, -0.15) is 0 Å². The van der Waals surface area contributed by atoms with Gasteiger partial charge in [-0.05, 0) is 6.08 Å². The first-order valence-corrected chi connectivity index (χ1v) is 6.09. The van der Waals surface area contributed by atoms with Crippen molar-refractivity contribution in [1.82, 2.24) is 0 Å². The molecule has 19 heavy (non-hydrogen) atoms. The third kappa shape index (κ3) is 4.55. The van der Waals surface area contributed by atoms with E-state index in [1.165, 1.54) is 32.9 Å². The number of alkyl halides is 1. The summed E-state index contributed by atoms with van der Waals surface area (Å²) in [7, 11) is 0. The minimum atomic E-state index is -0.960. The number of esters is 3. The van der Waals surface area contributed by atoms with Crippen LogP contribution in [0.3, 0.4) is 0 Å². The van der Waals surface area contributed by atoms with E-state index in [4.69, 9.17) is 25.8 Å². The van der Waals surface area contributed by atoms with Crippen LogP contribution in [-0.4, -0.2) is 41.6 Å². The molecule has 1 aliphatic rings. The quantitative estimate of drug-likeness (QED) is 0.333. The SMILES string of the molecule is CC(=O)O[C@@H]1[C@H](OC(C)=O)[C@@H](OC(C)=O)C=C[C@H]1Cl. The number of hydrogen-bond donors (Lipinski definition) is 0. The molecule has 0 saturated carbocycles. The molecule has 0 unspecified atom stereocenters. The molecule has 0 saturated heterocycles. The molecule has 6 nitrogen and oxygen atoms in total. The Morgan fingerprint density at radius 3 is 1.79 bits per heavy atom. The second-order valence-electron chi connectivity index (χ2n) is 4.05. The third-order valence-electron chi connectivity index (χ3n) is 2.35. The van der Waals surface area contributed by atoms with Gasteiger partial charge in [-0.1, -0.05) is 6.08 Å². The molecule has 106 valence electrons. The average molecular weight is 291 g/mol. The van der Waals surface area contributed by atoms with E-state index in [2.05, 4.69) is 0 Å². The fraction of sp³-hybridized carbons (Fsp3) is 0.583. The Morgan fingerprint density at radius 2 is 1.32 bits per heavy atom. The molecule has 0 heterocycles. The van der Waals surface area contributed by atoms with E-state index in [-0.39, 0.29) is 0 Å². The minimum Gasteiger partial charge on any atom is -0.456 e. The van der Waals surface area contributed by atoms with Crippen molar-refractivity contribution < 1.29 is 28.6 Å². The maximum absolute atomic E-state index is 11.1. The molecule has 7 heteroatoms. The molecule has 0 aromatic heterocycles. The van der Waals surface area contributed by atoms with Crippen molar-refractivity contribution in [1.29, 1.82) is 0 Å². The van der Waals surface area contributed by atoms with Crippen molar-refractivity contribution >= 4 is 29.5 Å². The van der Waals surface area contributed by atoms with Gasteiger partial charge >= 0.3 is 17.9 Å². The van der Waals surface area contributed by atoms with Gasteiger partial charge in [-0.15, -0.1) is 11.6 Å². The van der Waals surface area contributed by atoms with Crippen LogP contribution in [0.15, 0.2) is 12.2 Å². The topological polar surface area (TPSA) is 78.9 Å². The van der Waals surface area contributed by atoms with E-state index in [9.17, 15) is 14.4 Å². The van der Waals surface area contributed by atoms with Gasteiger partial charge in [0.05, 0.1) is 5.38 Å². The third-order valence-corrected chi connectivity index (χ3v) is 2.75. The fourth-order valence-electron chi connectivity index (χ4n) is 1.75. The summed E-state index contributed by atoms with van der Waals surface area (Å²) in [5.74, 6) is -1.69. The van der Waals surface area contributed by atoms with Crippen molar-refractivity contribution in [3.05, 3.63) is 12.2 Å². The maximum Gasteiger partial charge on any atom is 0.303 e. The molecule has 0 amide bonds. The predicted molar refractivity (Wildman–Crippen MR) is 65.4 cm³/mol. The van der Waals surface area contributed by atoms with Crippen LogP contribution in [-0.2, 0) is 28.6 Å². The molecule has 0 fully saturated rings. The van der Waals surface area contributed by atoms with Gasteiger partial charge < -0.3 is 14.2 Å². The molecule has 0 radical (unpaired) electrons. The normalized spacial score (nSPS) is 29.5. The van der Waals surface area contributed by atoms with Crippen LogP contribution in [0.4, 0.5) is 0 Å². The smallest absolute Gasteiger partial charge is 0.303 e. The first-order valence-electron chi connectivity index (χ1n) is 5.65. The van der Waals surface area contributed by atoms with E-state index < -0.39 is 41.6 Å². The van der Waals surface area contributed by atoms with Gasteiger partial charge in [-0.3, -0.25) is 14.4 Å². The van der Waals surface area contributed by atoms with Crippen LogP contribution in [0.25, 0.3) is 0 Å². The second kappa shape index (κ2) is 6.56. The number of halogens is 1. The highest BCUT2D eigenvalue weighted by Gasteiger charge is 2.42. The number of ether oxygens (including phenoxy) is 3. The molecular formula is C12H15ClO6. The summed E-state index contributed by atoms with van der Waals surface area (Å²) in [4.78, 5) is 33.2. The molecule has 0 N–H and O–H groups in total. The monoisotopic (exact) mass is 290 g/mol. The molecule has 0 aromatic carbocycles. The standard InChI is InChI=1S/C12H15ClO6/c1-6(14)17-10-5-4-9(13)11(18-7(2)15)12(10)19-8(3)16/h4-5,9-12H,1-3H3/t9-,10+,11+,12-/m1/s1. The van der Waals surface area contributed by atoms with Crippen molar-refractivity contribution in [2.75, 3.05) is 0 Å². The predicted octanol–water partition coefficient (Wildman–Crippen LogP) is 0.959. The molecular weight excluding hydrogens is 276 g/mol. The number of rotatable bonds is 3. The van der Waals surface area contributed by atoms with Gasteiger partial charge in [0.15, 0.2) is 18.3 Å². The van der Waals surface area contributed by atoms with Gasteiger partial charge in [0.2, 0.25) is 0 Å². The Balaban J connectivity index is 2.97. The van der Waals surface area contributed by atoms with Gasteiger partial charge in [-0.25, -0.2) is 0 Å². The van der Waals surface area contributed by atoms with Crippen LogP contribution in [0.1, 0.15) is 20.8 Å². The zero-order valence-electron chi connectivity index (χ0n) is 10.8. The number of carbonyl (C=O) groups is 3. The Hall–Kier alpha value is -1.56. The lowest BCUT2D eigenvalue weighted by Crippen LogP contribution is -2.50. The summed E-state index contributed by atoms with van der Waals surface area (Å²) in [6.07, 6.45) is 0.339. The van der Waals surface area contributed by atoms with Crippen LogP contribution in [0, 0.1) is 0 Å². The molecule has 4 atom stereocenters. The Bertz CT molecular complexity index is 405. The molecule has 0 aromatic rings. The zero-order valence-corrected chi connectivity index (χ0v) is 11.5. The van der Waals surface area contributed by atoms with E-state index >= 15 is 0 Å². The minimum absolute atomic E-state index is 0.540. The zero-order chi connectivity index (χ0) is 14.6. The average Bonchev–Trinajstić information content (AvgIpc) is 2.25. The molecule has 1 aliphatic carbocycles. The highest BCUT2D eigenvalue weighted by Crippen LogP contribution is 2.26. The molecule has 0 bridgehead atoms. The van der Waals surface area contributed by atoms with Crippen molar-refractivity contribution in [2.45, 2.75) is 44.5 Å². The maximum atomic E-state index is 11.1. The highest BCUT2D eigenvalue weighted by molar-refractivity contribution is 6.22. The first-order chi connectivity index (χ1) is 8.81. The summed E-state index contributed by atoms with van der Waals surface area (Å²) in [6, 6.07) is 0. The Morgan fingerprint density at radius 1 is 0.842 bits per heavy atom. The van der Waals surface area contributed by atoms with Crippen molar-refractivity contribution in [3.8, 4) is 0 Å². The van der Waals surface area contributed by atoms with E-state index in [1.54, 1.807) is 0 Å². The lowest BCUT2D eigenvalue weighted by Gasteiger charge is -2.35. The summed E-state index contributed by atoms with van der Waals surface area (Å²) >= 11 is 6.01. The van der Waals surface area contributed by atoms with E-state index in [1.807, 2.05) is 0 Å². The van der Waals surface area contributed by atoms with Crippen LogP contribution >= 0.6 is 11.6 Å². The van der Waals surface area contributed by atoms with Crippen molar-refractivity contribution in [3.63, 3.8) is 0 Å². The Kier molecular flexibility index (Phi) is 5.35. The van der Waals surface area contributed by atoms with Crippen molar-refractivity contribution in [2.24, 2.45) is 0 Å². The molecule has 0 aliphatic heterocycles. The molecule has 1 rings (SSSR count). The summed E-state index contributed by atoms with van der Waals surface area (Å²) < 4.78 is 15.1. The van der Waals surface area contributed by atoms with E-state index in [0.717, 1.165) is 0 Å². The molecule has 0 spiro atoms. The lowest BCUT2D eigenvalue weighted by molar-refractivity contribution is -0.179. The summed E-state index contributed by atoms with van der Waals surface area (Å²) in [5.41, 5.74) is 0. The van der Waals surface area contributed by atoms with E-state index in [0.29, 0.717) is 0 Å². The summed E-state index contributed by atoms with van der Waals surface area (Å²) in [5, 5.41) is -0.667. The van der Waals surface area contributed by atoms with Crippen LogP contribution < -0.4 is 0 Å². The largest absolute Gasteiger partial charge is 0.456 e. The number of hydrogen-bond acceptors (Lipinski definition) is 6. The Labute approximate surface area is 115 Å². The van der Waals surface area contributed by atoms with Crippen LogP contribution in [0.2, 0.25) is 0 Å². The lowest BCUT2D eigenvalue weighted by atomic mass is 9.97. The second-order valence-corrected chi connectivity index (χ2v) is 4.56. The first kappa shape index (κ1) is 15.5. The van der Waals surface area contributed by atoms with Gasteiger partial charge in [0, 0.05) is 20.8 Å². The summed E-state index contributed by atoms with van der Waals surface area (Å²) in [6.45, 7) is 3.65. The van der Waals surface area contributed by atoms with Crippen LogP contribution in [0.5, 0.6) is 0 Å². The van der Waals surface area contributed by atoms with Gasteiger partial charge in [0.1, 0.15) is 0 Å². The number of carbonyl (C=O) groups excluding carboxylic acids is 3.